The standard InChI is InChI=1S/C19H21N7O2.HI/c20-19(22-14-7-8-16-17(13-14)28-12-4-11-27-16)21-10-9-18-23-24-25-26(18)15-5-2-1-3-6-15;/h1-3,5-8,13H,4,9-12H2,(H3,20,21,22);1H. The van der Waals surface area contributed by atoms with Crippen molar-refractivity contribution in [1.29, 1.82) is 0 Å². The summed E-state index contributed by atoms with van der Waals surface area (Å²) in [7, 11) is 0. The van der Waals surface area contributed by atoms with Gasteiger partial charge >= 0.3 is 0 Å². The molecule has 0 amide bonds. The molecule has 0 spiro atoms. The molecule has 9 nitrogen and oxygen atoms in total. The second-order valence-corrected chi connectivity index (χ2v) is 6.20. The average Bonchev–Trinajstić information content (AvgIpc) is 3.05. The van der Waals surface area contributed by atoms with Crippen molar-refractivity contribution in [3.05, 3.63) is 54.4 Å². The van der Waals surface area contributed by atoms with Crippen LogP contribution in [0.2, 0.25) is 0 Å². The number of nitrogens with one attached hydrogen (secondary N) is 1. The number of halogens is 1. The third-order valence-corrected chi connectivity index (χ3v) is 4.17. The lowest BCUT2D eigenvalue weighted by molar-refractivity contribution is 0.297. The van der Waals surface area contributed by atoms with Crippen LogP contribution in [-0.4, -0.2) is 45.9 Å². The zero-order valence-electron chi connectivity index (χ0n) is 15.7. The smallest absolute Gasteiger partial charge is 0.193 e. The number of rotatable bonds is 5. The number of para-hydroxylation sites is 1. The fourth-order valence-electron chi connectivity index (χ4n) is 2.84. The van der Waals surface area contributed by atoms with Crippen molar-refractivity contribution in [2.75, 3.05) is 25.1 Å². The van der Waals surface area contributed by atoms with Gasteiger partial charge in [0.25, 0.3) is 0 Å². The molecule has 0 saturated heterocycles. The zero-order valence-corrected chi connectivity index (χ0v) is 18.0. The summed E-state index contributed by atoms with van der Waals surface area (Å²) in [4.78, 5) is 4.36. The molecule has 10 heteroatoms. The van der Waals surface area contributed by atoms with Gasteiger partial charge in [-0.15, -0.1) is 29.1 Å². The molecule has 3 N–H and O–H groups in total. The molecule has 0 bridgehead atoms. The van der Waals surface area contributed by atoms with E-state index in [4.69, 9.17) is 15.2 Å². The summed E-state index contributed by atoms with van der Waals surface area (Å²) in [6.45, 7) is 1.75. The van der Waals surface area contributed by atoms with E-state index >= 15 is 0 Å². The minimum absolute atomic E-state index is 0. The van der Waals surface area contributed by atoms with Gasteiger partial charge in [-0.1, -0.05) is 18.2 Å². The van der Waals surface area contributed by atoms with Gasteiger partial charge in [0, 0.05) is 31.1 Å². The Balaban J connectivity index is 0.00000240. The van der Waals surface area contributed by atoms with Gasteiger partial charge in [0.1, 0.15) is 0 Å². The van der Waals surface area contributed by atoms with Gasteiger partial charge in [-0.2, -0.15) is 4.68 Å². The first-order valence-electron chi connectivity index (χ1n) is 9.09. The molecule has 4 rings (SSSR count). The van der Waals surface area contributed by atoms with Crippen molar-refractivity contribution in [1.82, 2.24) is 20.2 Å². The van der Waals surface area contributed by atoms with Crippen LogP contribution < -0.4 is 20.5 Å². The summed E-state index contributed by atoms with van der Waals surface area (Å²) in [5.41, 5.74) is 7.71. The minimum atomic E-state index is 0. The SMILES string of the molecule is I.NC(=NCCc1nnnn1-c1ccccc1)Nc1ccc2c(c1)OCCCO2. The fourth-order valence-corrected chi connectivity index (χ4v) is 2.84. The first kappa shape index (κ1) is 20.8. The fraction of sp³-hybridized carbons (Fsp3) is 0.263. The van der Waals surface area contributed by atoms with Crippen LogP contribution in [0.25, 0.3) is 5.69 Å². The van der Waals surface area contributed by atoms with Gasteiger partial charge < -0.3 is 20.5 Å². The normalized spacial score (nSPS) is 13.3. The second kappa shape index (κ2) is 10.0. The number of hydrogen-bond acceptors (Lipinski definition) is 6. The molecule has 1 aromatic heterocycles. The predicted molar refractivity (Wildman–Crippen MR) is 120 cm³/mol. The third-order valence-electron chi connectivity index (χ3n) is 4.17. The molecular weight excluding hydrogens is 485 g/mol. The van der Waals surface area contributed by atoms with Crippen LogP contribution in [0.15, 0.2) is 53.5 Å². The average molecular weight is 507 g/mol. The quantitative estimate of drug-likeness (QED) is 0.310. The zero-order chi connectivity index (χ0) is 19.2. The van der Waals surface area contributed by atoms with Crippen molar-refractivity contribution < 1.29 is 9.47 Å². The highest BCUT2D eigenvalue weighted by Gasteiger charge is 2.11. The molecule has 3 aromatic rings. The van der Waals surface area contributed by atoms with Crippen molar-refractivity contribution in [2.45, 2.75) is 12.8 Å². The largest absolute Gasteiger partial charge is 0.490 e. The molecule has 29 heavy (non-hydrogen) atoms. The number of ether oxygens (including phenoxy) is 2. The van der Waals surface area contributed by atoms with Gasteiger partial charge in [0.05, 0.1) is 18.9 Å². The Kier molecular flexibility index (Phi) is 7.22. The van der Waals surface area contributed by atoms with E-state index < -0.39 is 0 Å². The van der Waals surface area contributed by atoms with E-state index in [1.54, 1.807) is 4.68 Å². The van der Waals surface area contributed by atoms with E-state index in [0.717, 1.165) is 29.4 Å². The highest BCUT2D eigenvalue weighted by Crippen LogP contribution is 2.32. The lowest BCUT2D eigenvalue weighted by Crippen LogP contribution is -2.23. The first-order valence-corrected chi connectivity index (χ1v) is 9.09. The molecule has 1 aliphatic heterocycles. The Morgan fingerprint density at radius 1 is 1.10 bits per heavy atom. The number of aromatic nitrogens is 4. The van der Waals surface area contributed by atoms with Crippen LogP contribution in [0, 0.1) is 0 Å². The van der Waals surface area contributed by atoms with Gasteiger partial charge in [0.15, 0.2) is 23.3 Å². The number of nitrogens with zero attached hydrogens (tertiary/aromatic N) is 5. The summed E-state index contributed by atoms with van der Waals surface area (Å²) >= 11 is 0. The lowest BCUT2D eigenvalue weighted by Gasteiger charge is -2.10. The van der Waals surface area contributed by atoms with Crippen LogP contribution in [-0.2, 0) is 6.42 Å². The molecule has 0 aliphatic carbocycles. The molecule has 2 aromatic carbocycles. The lowest BCUT2D eigenvalue weighted by atomic mass is 10.3. The highest BCUT2D eigenvalue weighted by atomic mass is 127. The first-order chi connectivity index (χ1) is 13.8. The molecule has 0 radical (unpaired) electrons. The molecule has 152 valence electrons. The molecule has 0 saturated carbocycles. The Morgan fingerprint density at radius 3 is 2.72 bits per heavy atom. The van der Waals surface area contributed by atoms with E-state index in [0.29, 0.717) is 37.9 Å². The Morgan fingerprint density at radius 2 is 1.90 bits per heavy atom. The monoisotopic (exact) mass is 507 g/mol. The van der Waals surface area contributed by atoms with Crippen LogP contribution >= 0.6 is 24.0 Å². The number of nitrogens with two attached hydrogens (primary N) is 1. The number of tetrazole rings is 1. The van der Waals surface area contributed by atoms with Gasteiger partial charge in [-0.05, 0) is 34.7 Å². The van der Waals surface area contributed by atoms with E-state index in [1.165, 1.54) is 0 Å². The van der Waals surface area contributed by atoms with Crippen molar-refractivity contribution in [2.24, 2.45) is 10.7 Å². The highest BCUT2D eigenvalue weighted by molar-refractivity contribution is 14.0. The number of fused-ring (bicyclic) bond motifs is 1. The molecule has 0 fully saturated rings. The van der Waals surface area contributed by atoms with E-state index in [1.807, 2.05) is 48.5 Å². The third kappa shape index (κ3) is 5.34. The van der Waals surface area contributed by atoms with Gasteiger partial charge in [-0.25, -0.2) is 0 Å². The van der Waals surface area contributed by atoms with Crippen molar-refractivity contribution >= 4 is 35.6 Å². The summed E-state index contributed by atoms with van der Waals surface area (Å²) in [5.74, 6) is 2.48. The van der Waals surface area contributed by atoms with Crippen LogP contribution in [0.1, 0.15) is 12.2 Å². The van der Waals surface area contributed by atoms with E-state index in [9.17, 15) is 0 Å². The Hall–Kier alpha value is -2.89. The number of aliphatic imine (C=N–C) groups is 1. The maximum Gasteiger partial charge on any atom is 0.193 e. The predicted octanol–water partition coefficient (Wildman–Crippen LogP) is 2.41. The molecule has 0 atom stereocenters. The summed E-state index contributed by atoms with van der Waals surface area (Å²) < 4.78 is 13.0. The maximum atomic E-state index is 6.01. The van der Waals surface area contributed by atoms with Crippen LogP contribution in [0.5, 0.6) is 11.5 Å². The van der Waals surface area contributed by atoms with Crippen LogP contribution in [0.3, 0.4) is 0 Å². The molecule has 2 heterocycles. The van der Waals surface area contributed by atoms with Gasteiger partial charge in [-0.3, -0.25) is 4.99 Å². The Labute approximate surface area is 185 Å². The second-order valence-electron chi connectivity index (χ2n) is 6.20. The number of hydrogen-bond donors (Lipinski definition) is 2. The summed E-state index contributed by atoms with van der Waals surface area (Å²) in [6.07, 6.45) is 1.43. The van der Waals surface area contributed by atoms with E-state index in [-0.39, 0.29) is 24.0 Å². The minimum Gasteiger partial charge on any atom is -0.490 e. The Bertz CT molecular complexity index is 962. The number of benzene rings is 2. The molecule has 1 aliphatic rings. The summed E-state index contributed by atoms with van der Waals surface area (Å²) in [6, 6.07) is 15.3. The molecule has 0 unspecified atom stereocenters. The van der Waals surface area contributed by atoms with E-state index in [2.05, 4.69) is 25.8 Å². The molecular formula is C19H22IN7O2. The summed E-state index contributed by atoms with van der Waals surface area (Å²) in [5, 5.41) is 14.9. The van der Waals surface area contributed by atoms with Crippen molar-refractivity contribution in [3.63, 3.8) is 0 Å². The van der Waals surface area contributed by atoms with Crippen molar-refractivity contribution in [3.8, 4) is 17.2 Å². The maximum absolute atomic E-state index is 6.01. The topological polar surface area (TPSA) is 112 Å². The number of guanidine groups is 1. The van der Waals surface area contributed by atoms with Gasteiger partial charge in [0.2, 0.25) is 0 Å². The number of anilines is 1. The van der Waals surface area contributed by atoms with Crippen LogP contribution in [0.4, 0.5) is 5.69 Å².